The van der Waals surface area contributed by atoms with E-state index in [-0.39, 0.29) is 30.6 Å². The minimum Gasteiger partial charge on any atom is -0.450 e. The number of hydrogen-bond acceptors (Lipinski definition) is 3. The van der Waals surface area contributed by atoms with Gasteiger partial charge in [-0.3, -0.25) is 0 Å². The van der Waals surface area contributed by atoms with Gasteiger partial charge in [0.25, 0.3) is 0 Å². The normalized spacial score (nSPS) is 25.0. The van der Waals surface area contributed by atoms with Crippen LogP contribution in [0.15, 0.2) is 18.2 Å². The summed E-state index contributed by atoms with van der Waals surface area (Å²) in [6.45, 7) is 4.72. The van der Waals surface area contributed by atoms with Gasteiger partial charge in [-0.15, -0.1) is 0 Å². The fourth-order valence-electron chi connectivity index (χ4n) is 6.51. The lowest BCUT2D eigenvalue weighted by Gasteiger charge is -2.39. The summed E-state index contributed by atoms with van der Waals surface area (Å²) < 4.78 is 91.7. The molecule has 2 aliphatic heterocycles. The van der Waals surface area contributed by atoms with Gasteiger partial charge in [0.15, 0.2) is 23.1 Å². The van der Waals surface area contributed by atoms with E-state index < -0.39 is 41.0 Å². The van der Waals surface area contributed by atoms with Crippen LogP contribution in [-0.4, -0.2) is 18.8 Å². The van der Waals surface area contributed by atoms with Crippen LogP contribution in [0.2, 0.25) is 0 Å². The average molecular weight is 553 g/mol. The van der Waals surface area contributed by atoms with E-state index >= 15 is 13.2 Å². The van der Waals surface area contributed by atoms with E-state index in [4.69, 9.17) is 14.2 Å². The molecule has 0 radical (unpaired) electrons. The van der Waals surface area contributed by atoms with Crippen molar-refractivity contribution in [2.45, 2.75) is 96.7 Å². The van der Waals surface area contributed by atoms with Gasteiger partial charge in [0.1, 0.15) is 0 Å². The summed E-state index contributed by atoms with van der Waals surface area (Å²) in [5, 5.41) is 0. The molecule has 2 atom stereocenters. The number of aryl methyl sites for hydroxylation is 1. The zero-order chi connectivity index (χ0) is 27.7. The number of alkyl halides is 2. The van der Waals surface area contributed by atoms with E-state index in [1.54, 1.807) is 12.1 Å². The number of fused-ring (bicyclic) bond motifs is 2. The van der Waals surface area contributed by atoms with E-state index in [0.29, 0.717) is 61.4 Å². The van der Waals surface area contributed by atoms with Crippen LogP contribution in [-0.2, 0) is 17.6 Å². The smallest absolute Gasteiger partial charge is 0.400 e. The highest BCUT2D eigenvalue weighted by atomic mass is 19.3. The molecule has 1 saturated carbocycles. The van der Waals surface area contributed by atoms with Gasteiger partial charge < -0.3 is 14.2 Å². The van der Waals surface area contributed by atoms with Gasteiger partial charge in [-0.05, 0) is 74.8 Å². The van der Waals surface area contributed by atoms with Gasteiger partial charge in [0, 0.05) is 17.5 Å². The molecular weight excluding hydrogens is 515 g/mol. The second-order valence-electron chi connectivity index (χ2n) is 11.4. The predicted octanol–water partition coefficient (Wildman–Crippen LogP) is 9.13. The molecule has 3 nitrogen and oxygen atoms in total. The van der Waals surface area contributed by atoms with Crippen molar-refractivity contribution in [3.8, 4) is 17.2 Å². The van der Waals surface area contributed by atoms with Gasteiger partial charge in [-0.2, -0.15) is 17.6 Å². The lowest BCUT2D eigenvalue weighted by molar-refractivity contribution is -0.226. The number of ether oxygens (including phenoxy) is 3. The summed E-state index contributed by atoms with van der Waals surface area (Å²) in [5.74, 6) is -5.49. The highest BCUT2D eigenvalue weighted by Gasteiger charge is 2.46. The number of halogens is 5. The van der Waals surface area contributed by atoms with Crippen molar-refractivity contribution in [2.75, 3.05) is 6.61 Å². The van der Waals surface area contributed by atoms with Crippen LogP contribution in [0.4, 0.5) is 22.0 Å². The van der Waals surface area contributed by atoms with Crippen molar-refractivity contribution in [1.82, 2.24) is 0 Å². The maximum Gasteiger partial charge on any atom is 0.400 e. The van der Waals surface area contributed by atoms with Crippen LogP contribution in [0.3, 0.4) is 0 Å². The summed E-state index contributed by atoms with van der Waals surface area (Å²) in [4.78, 5) is 0. The largest absolute Gasteiger partial charge is 0.450 e. The molecule has 1 saturated heterocycles. The van der Waals surface area contributed by atoms with E-state index in [2.05, 4.69) is 6.92 Å². The maximum atomic E-state index is 15.2. The number of benzene rings is 2. The average Bonchev–Trinajstić information content (AvgIpc) is 2.93. The minimum absolute atomic E-state index is 0.0147. The van der Waals surface area contributed by atoms with Crippen molar-refractivity contribution in [3.05, 3.63) is 52.3 Å². The second-order valence-corrected chi connectivity index (χ2v) is 11.4. The van der Waals surface area contributed by atoms with Gasteiger partial charge in [-0.25, -0.2) is 4.39 Å². The molecule has 5 rings (SSSR count). The Balaban J connectivity index is 1.25. The third-order valence-electron chi connectivity index (χ3n) is 8.74. The second kappa shape index (κ2) is 11.6. The first-order valence-corrected chi connectivity index (χ1v) is 14.4. The van der Waals surface area contributed by atoms with Gasteiger partial charge >= 0.3 is 6.11 Å². The molecule has 0 amide bonds. The topological polar surface area (TPSA) is 27.7 Å². The Labute approximate surface area is 227 Å². The third kappa shape index (κ3) is 5.77. The van der Waals surface area contributed by atoms with Crippen molar-refractivity contribution in [3.63, 3.8) is 0 Å². The molecule has 214 valence electrons. The molecule has 2 aromatic carbocycles. The Hall–Kier alpha value is -2.35. The molecule has 0 aromatic heterocycles. The molecular formula is C31H37F5O3. The first kappa shape index (κ1) is 28.2. The predicted molar refractivity (Wildman–Crippen MR) is 138 cm³/mol. The van der Waals surface area contributed by atoms with E-state index in [1.807, 2.05) is 6.92 Å². The van der Waals surface area contributed by atoms with Crippen LogP contribution in [0.5, 0.6) is 17.2 Å². The third-order valence-corrected chi connectivity index (χ3v) is 8.74. The molecule has 2 aromatic rings. The molecule has 2 heterocycles. The van der Waals surface area contributed by atoms with Crippen LogP contribution in [0, 0.1) is 35.2 Å². The van der Waals surface area contributed by atoms with E-state index in [0.717, 1.165) is 31.7 Å². The molecule has 8 heteroatoms. The first-order valence-electron chi connectivity index (χ1n) is 14.4. The van der Waals surface area contributed by atoms with E-state index in [1.165, 1.54) is 0 Å². The van der Waals surface area contributed by atoms with Gasteiger partial charge in [0.2, 0.25) is 11.6 Å². The fourth-order valence-corrected chi connectivity index (χ4v) is 6.51. The Morgan fingerprint density at radius 2 is 1.56 bits per heavy atom. The van der Waals surface area contributed by atoms with Gasteiger partial charge in [-0.1, -0.05) is 38.8 Å². The van der Waals surface area contributed by atoms with Crippen molar-refractivity contribution >= 4 is 0 Å². The summed E-state index contributed by atoms with van der Waals surface area (Å²) >= 11 is 0. The lowest BCUT2D eigenvalue weighted by atomic mass is 9.73. The SMILES string of the molecule is CCCc1ccc2c(c1F)Oc1c(cc(OC(F)(F)C3CCC(C4CCC(CCC)OC4)CC3)c(F)c1F)C2. The number of hydrogen-bond donors (Lipinski definition) is 0. The molecule has 0 spiro atoms. The van der Waals surface area contributed by atoms with Crippen LogP contribution in [0.1, 0.15) is 88.3 Å². The van der Waals surface area contributed by atoms with Crippen molar-refractivity contribution < 1.29 is 36.2 Å². The van der Waals surface area contributed by atoms with Crippen LogP contribution >= 0.6 is 0 Å². The zero-order valence-corrected chi connectivity index (χ0v) is 22.6. The highest BCUT2D eigenvalue weighted by Crippen LogP contribution is 2.47. The molecule has 3 aliphatic rings. The highest BCUT2D eigenvalue weighted by molar-refractivity contribution is 5.54. The van der Waals surface area contributed by atoms with Gasteiger partial charge in [0.05, 0.1) is 18.6 Å². The lowest BCUT2D eigenvalue weighted by Crippen LogP contribution is -2.39. The Bertz CT molecular complexity index is 1170. The maximum absolute atomic E-state index is 15.2. The van der Waals surface area contributed by atoms with Crippen LogP contribution in [0.25, 0.3) is 0 Å². The summed E-state index contributed by atoms with van der Waals surface area (Å²) in [7, 11) is 0. The molecule has 2 unspecified atom stereocenters. The summed E-state index contributed by atoms with van der Waals surface area (Å²) in [6, 6.07) is 4.36. The Morgan fingerprint density at radius 1 is 0.846 bits per heavy atom. The molecule has 0 N–H and O–H groups in total. The quantitative estimate of drug-likeness (QED) is 0.261. The fraction of sp³-hybridized carbons (Fsp3) is 0.613. The monoisotopic (exact) mass is 552 g/mol. The Kier molecular flexibility index (Phi) is 8.41. The van der Waals surface area contributed by atoms with Crippen molar-refractivity contribution in [1.29, 1.82) is 0 Å². The molecule has 2 fully saturated rings. The zero-order valence-electron chi connectivity index (χ0n) is 22.6. The van der Waals surface area contributed by atoms with E-state index in [9.17, 15) is 8.78 Å². The molecule has 0 bridgehead atoms. The number of rotatable bonds is 8. The first-order chi connectivity index (χ1) is 18.7. The minimum atomic E-state index is -3.66. The summed E-state index contributed by atoms with van der Waals surface area (Å²) in [6.07, 6.45) is 3.82. The van der Waals surface area contributed by atoms with Crippen LogP contribution < -0.4 is 9.47 Å². The molecule has 39 heavy (non-hydrogen) atoms. The summed E-state index contributed by atoms with van der Waals surface area (Å²) in [5.41, 5.74) is 0.999. The Morgan fingerprint density at radius 3 is 2.23 bits per heavy atom. The van der Waals surface area contributed by atoms with Crippen molar-refractivity contribution in [2.24, 2.45) is 17.8 Å². The molecule has 1 aliphatic carbocycles. The standard InChI is InChI=1S/C31H37F5O3/c1-3-5-19-7-8-20-15-22-16-25(27(33)28(34)30(22)38-29(20)26(19)32)39-31(35,36)23-12-9-18(10-13-23)21-11-14-24(6-4-2)37-17-21/h7-8,16,18,21,23-24H,3-6,9-15,17H2,1-2H3.